The zero-order valence-electron chi connectivity index (χ0n) is 24.3. The fourth-order valence-corrected chi connectivity index (χ4v) is 4.78. The van der Waals surface area contributed by atoms with Crippen LogP contribution in [0.25, 0.3) is 10.9 Å². The number of aryl methyl sites for hydroxylation is 1. The lowest BCUT2D eigenvalue weighted by molar-refractivity contribution is -0.157. The molecule has 0 saturated carbocycles. The average Bonchev–Trinajstić information content (AvgIpc) is 2.82. The zero-order chi connectivity index (χ0) is 27.5. The van der Waals surface area contributed by atoms with Gasteiger partial charge in [-0.05, 0) is 76.8 Å². The van der Waals surface area contributed by atoms with Gasteiger partial charge in [-0.2, -0.15) is 0 Å². The Kier molecular flexibility index (Phi) is 12.0. The fourth-order valence-electron chi connectivity index (χ4n) is 4.78. The van der Waals surface area contributed by atoms with E-state index in [-0.39, 0.29) is 5.97 Å². The number of para-hydroxylation sites is 1. The van der Waals surface area contributed by atoms with Crippen molar-refractivity contribution in [2.75, 3.05) is 18.9 Å². The Labute approximate surface area is 224 Å². The van der Waals surface area contributed by atoms with Crippen molar-refractivity contribution >= 4 is 34.1 Å². The highest BCUT2D eigenvalue weighted by Crippen LogP contribution is 2.32. The summed E-state index contributed by atoms with van der Waals surface area (Å²) in [5, 5.41) is 1.04. The molecule has 0 unspecified atom stereocenters. The number of anilines is 1. The Morgan fingerprint density at radius 2 is 1.73 bits per heavy atom. The number of unbranched alkanes of at least 4 members (excludes halogenated alkanes) is 2. The molecule has 0 bridgehead atoms. The second-order valence-electron chi connectivity index (χ2n) is 11.5. The van der Waals surface area contributed by atoms with Crippen molar-refractivity contribution in [3.8, 4) is 0 Å². The molecule has 0 aliphatic rings. The van der Waals surface area contributed by atoms with Gasteiger partial charge >= 0.3 is 5.97 Å². The minimum absolute atomic E-state index is 0.125. The van der Waals surface area contributed by atoms with Crippen molar-refractivity contribution in [1.29, 1.82) is 0 Å². The summed E-state index contributed by atoms with van der Waals surface area (Å²) in [5.74, 6) is 0.286. The third-order valence-electron chi connectivity index (χ3n) is 6.96. The number of nitrogens with two attached hydrogens (primary N) is 1. The van der Waals surface area contributed by atoms with Crippen molar-refractivity contribution in [1.82, 2.24) is 4.98 Å². The highest BCUT2D eigenvalue weighted by atomic mass is 16.6. The number of ether oxygens (including phenoxy) is 2. The van der Waals surface area contributed by atoms with Gasteiger partial charge in [0.05, 0.1) is 12.1 Å². The van der Waals surface area contributed by atoms with Gasteiger partial charge in [0.25, 0.3) is 0 Å². The predicted molar refractivity (Wildman–Crippen MR) is 156 cm³/mol. The molecule has 0 saturated heterocycles. The van der Waals surface area contributed by atoms with Gasteiger partial charge in [0.1, 0.15) is 17.1 Å². The van der Waals surface area contributed by atoms with Gasteiger partial charge in [-0.15, -0.1) is 0 Å². The van der Waals surface area contributed by atoms with Crippen LogP contribution in [0.3, 0.4) is 0 Å². The maximum absolute atomic E-state index is 12.5. The Hall–Kier alpha value is -2.47. The smallest absolute Gasteiger partial charge is 0.306 e. The number of pyridine rings is 1. The number of benzene rings is 1. The number of esters is 1. The summed E-state index contributed by atoms with van der Waals surface area (Å²) < 4.78 is 11.6. The number of nitrogens with zero attached hydrogens (tertiary/aromatic N) is 2. The zero-order valence-corrected chi connectivity index (χ0v) is 24.3. The van der Waals surface area contributed by atoms with Gasteiger partial charge in [0.2, 0.25) is 0 Å². The minimum Gasteiger partial charge on any atom is -0.460 e. The van der Waals surface area contributed by atoms with Crippen molar-refractivity contribution in [3.63, 3.8) is 0 Å². The minimum atomic E-state index is -0.588. The summed E-state index contributed by atoms with van der Waals surface area (Å²) in [6, 6.07) is 7.94. The molecule has 0 radical (unpaired) electrons. The molecule has 0 spiro atoms. The highest BCUT2D eigenvalue weighted by Gasteiger charge is 2.24. The summed E-state index contributed by atoms with van der Waals surface area (Å²) in [6.45, 7) is 15.8. The Morgan fingerprint density at radius 1 is 1.00 bits per heavy atom. The highest BCUT2D eigenvalue weighted by molar-refractivity contribution is 5.94. The van der Waals surface area contributed by atoms with Crippen LogP contribution in [0, 0.1) is 12.3 Å². The van der Waals surface area contributed by atoms with Gasteiger partial charge in [-0.3, -0.25) is 9.79 Å². The van der Waals surface area contributed by atoms with E-state index in [2.05, 4.69) is 25.8 Å². The number of rotatable bonds is 16. The lowest BCUT2D eigenvalue weighted by Gasteiger charge is -2.26. The first-order chi connectivity index (χ1) is 17.5. The molecule has 6 heteroatoms. The largest absolute Gasteiger partial charge is 0.460 e. The first kappa shape index (κ1) is 30.8. The molecule has 2 rings (SSSR count). The Balaban J connectivity index is 1.96. The summed E-state index contributed by atoms with van der Waals surface area (Å²) in [6.07, 6.45) is 8.53. The first-order valence-corrected chi connectivity index (χ1v) is 14.0. The maximum Gasteiger partial charge on any atom is 0.306 e. The molecule has 0 atom stereocenters. The molecule has 0 aliphatic heterocycles. The van der Waals surface area contributed by atoms with Crippen LogP contribution in [0.15, 0.2) is 29.3 Å². The fraction of sp³-hybridized carbons (Fsp3) is 0.645. The molecular weight excluding hydrogens is 462 g/mol. The van der Waals surface area contributed by atoms with Gasteiger partial charge in [0.15, 0.2) is 0 Å². The molecule has 1 aromatic carbocycles. The molecule has 1 aromatic heterocycles. The Bertz CT molecular complexity index is 1040. The standard InChI is InChI=1S/C31H49N3O3/c1-8-19-30(4,5)20-14-10-11-17-27(35)37-31(6,7)21-18-24(22-36-9-2)33-28-23(3)25-15-12-13-16-26(25)34-29(28)32/h12-13,15-16H,8-11,14,17-22H2,1-7H3,(H2,32,34)/b33-24+. The third-order valence-corrected chi connectivity index (χ3v) is 6.96. The monoisotopic (exact) mass is 511 g/mol. The molecule has 37 heavy (non-hydrogen) atoms. The van der Waals surface area contributed by atoms with E-state index >= 15 is 0 Å². The summed E-state index contributed by atoms with van der Waals surface area (Å²) in [4.78, 5) is 22.0. The summed E-state index contributed by atoms with van der Waals surface area (Å²) in [5.41, 5.74) is 9.51. The number of nitrogen functional groups attached to an aromatic ring is 1. The molecular formula is C31H49N3O3. The van der Waals surface area contributed by atoms with Crippen LogP contribution < -0.4 is 5.73 Å². The molecule has 6 nitrogen and oxygen atoms in total. The first-order valence-electron chi connectivity index (χ1n) is 14.0. The van der Waals surface area contributed by atoms with Gasteiger partial charge in [0, 0.05) is 24.1 Å². The van der Waals surface area contributed by atoms with E-state index < -0.39 is 5.60 Å². The van der Waals surface area contributed by atoms with Gasteiger partial charge in [-0.25, -0.2) is 4.98 Å². The number of aromatic nitrogens is 1. The number of carbonyl (C=O) groups is 1. The number of hydrogen-bond acceptors (Lipinski definition) is 6. The molecule has 2 N–H and O–H groups in total. The second-order valence-corrected chi connectivity index (χ2v) is 11.5. The molecule has 0 amide bonds. The lowest BCUT2D eigenvalue weighted by atomic mass is 9.83. The molecule has 1 heterocycles. The van der Waals surface area contributed by atoms with E-state index in [4.69, 9.17) is 20.2 Å². The van der Waals surface area contributed by atoms with Crippen LogP contribution in [0.5, 0.6) is 0 Å². The van der Waals surface area contributed by atoms with E-state index in [1.807, 2.05) is 52.0 Å². The number of hydrogen-bond donors (Lipinski definition) is 1. The Morgan fingerprint density at radius 3 is 2.43 bits per heavy atom. The average molecular weight is 512 g/mol. The number of carbonyl (C=O) groups excluding carboxylic acids is 1. The van der Waals surface area contributed by atoms with Crippen molar-refractivity contribution in [2.24, 2.45) is 10.4 Å². The predicted octanol–water partition coefficient (Wildman–Crippen LogP) is 8.11. The van der Waals surface area contributed by atoms with E-state index in [1.165, 1.54) is 19.3 Å². The van der Waals surface area contributed by atoms with Crippen LogP contribution in [0.4, 0.5) is 11.5 Å². The van der Waals surface area contributed by atoms with E-state index in [0.29, 0.717) is 49.4 Å². The second kappa shape index (κ2) is 14.5. The van der Waals surface area contributed by atoms with Crippen molar-refractivity contribution < 1.29 is 14.3 Å². The molecule has 0 aliphatic carbocycles. The molecule has 206 valence electrons. The summed E-state index contributed by atoms with van der Waals surface area (Å²) >= 11 is 0. The van der Waals surface area contributed by atoms with Crippen LogP contribution >= 0.6 is 0 Å². The maximum atomic E-state index is 12.5. The topological polar surface area (TPSA) is 86.8 Å². The van der Waals surface area contributed by atoms with Crippen LogP contribution in [0.2, 0.25) is 0 Å². The van der Waals surface area contributed by atoms with Crippen LogP contribution in [-0.4, -0.2) is 35.5 Å². The summed E-state index contributed by atoms with van der Waals surface area (Å²) in [7, 11) is 0. The molecule has 2 aromatic rings. The normalized spacial score (nSPS) is 12.8. The van der Waals surface area contributed by atoms with E-state index in [9.17, 15) is 4.79 Å². The van der Waals surface area contributed by atoms with E-state index in [0.717, 1.165) is 41.4 Å². The van der Waals surface area contributed by atoms with E-state index in [1.54, 1.807) is 0 Å². The van der Waals surface area contributed by atoms with Gasteiger partial charge in [-0.1, -0.05) is 58.2 Å². The lowest BCUT2D eigenvalue weighted by Crippen LogP contribution is -2.29. The SMILES string of the molecule is CCCC(C)(C)CCCCCC(=O)OC(C)(C)CC/C(COCC)=N\c1c(N)nc2ccccc2c1C. The van der Waals surface area contributed by atoms with Crippen LogP contribution in [-0.2, 0) is 14.3 Å². The number of fused-ring (bicyclic) bond motifs is 1. The number of aliphatic imine (C=N–C) groups is 1. The van der Waals surface area contributed by atoms with Crippen molar-refractivity contribution in [3.05, 3.63) is 29.8 Å². The van der Waals surface area contributed by atoms with Crippen molar-refractivity contribution in [2.45, 2.75) is 112 Å². The third kappa shape index (κ3) is 10.4. The van der Waals surface area contributed by atoms with Crippen LogP contribution in [0.1, 0.15) is 105 Å². The van der Waals surface area contributed by atoms with Gasteiger partial charge < -0.3 is 15.2 Å². The molecule has 0 fully saturated rings. The quantitative estimate of drug-likeness (QED) is 0.140.